The highest BCUT2D eigenvalue weighted by Crippen LogP contribution is 2.33. The van der Waals surface area contributed by atoms with E-state index in [2.05, 4.69) is 18.3 Å². The third-order valence-corrected chi connectivity index (χ3v) is 3.77. The molecule has 1 aliphatic carbocycles. The molecule has 1 atom stereocenters. The minimum atomic E-state index is 0.0136. The summed E-state index contributed by atoms with van der Waals surface area (Å²) in [7, 11) is 0. The SMILES string of the molecule is CCCC1=C2CCCCCCC2=CC(Cl)N1. The van der Waals surface area contributed by atoms with Crippen molar-refractivity contribution in [3.63, 3.8) is 0 Å². The van der Waals surface area contributed by atoms with Crippen LogP contribution >= 0.6 is 11.6 Å². The van der Waals surface area contributed by atoms with Crippen molar-refractivity contribution in [2.24, 2.45) is 0 Å². The zero-order chi connectivity index (χ0) is 11.4. The van der Waals surface area contributed by atoms with Crippen molar-refractivity contribution >= 4 is 11.6 Å². The van der Waals surface area contributed by atoms with Gasteiger partial charge in [-0.1, -0.05) is 37.8 Å². The van der Waals surface area contributed by atoms with Crippen LogP contribution in [0, 0.1) is 0 Å². The normalized spacial score (nSPS) is 26.4. The quantitative estimate of drug-likeness (QED) is 0.553. The Morgan fingerprint density at radius 2 is 2.00 bits per heavy atom. The predicted molar refractivity (Wildman–Crippen MR) is 70.5 cm³/mol. The molecule has 2 aliphatic rings. The Morgan fingerprint density at radius 1 is 1.25 bits per heavy atom. The first-order chi connectivity index (χ1) is 7.81. The van der Waals surface area contributed by atoms with Crippen LogP contribution in [-0.2, 0) is 0 Å². The topological polar surface area (TPSA) is 12.0 Å². The number of halogens is 1. The highest BCUT2D eigenvalue weighted by atomic mass is 35.5. The second kappa shape index (κ2) is 5.77. The van der Waals surface area contributed by atoms with Gasteiger partial charge < -0.3 is 5.32 Å². The number of fused-ring (bicyclic) bond motifs is 1. The Morgan fingerprint density at radius 3 is 2.75 bits per heavy atom. The molecule has 0 amide bonds. The summed E-state index contributed by atoms with van der Waals surface area (Å²) in [4.78, 5) is 0. The van der Waals surface area contributed by atoms with Gasteiger partial charge in [0.15, 0.2) is 0 Å². The maximum Gasteiger partial charge on any atom is 0.120 e. The smallest absolute Gasteiger partial charge is 0.120 e. The number of dihydropyridines is 1. The number of hydrogen-bond donors (Lipinski definition) is 1. The van der Waals surface area contributed by atoms with Gasteiger partial charge in [-0.3, -0.25) is 0 Å². The van der Waals surface area contributed by atoms with Crippen molar-refractivity contribution in [3.8, 4) is 0 Å². The zero-order valence-corrected chi connectivity index (χ0v) is 10.9. The van der Waals surface area contributed by atoms with Gasteiger partial charge in [0.05, 0.1) is 0 Å². The molecule has 1 fully saturated rings. The van der Waals surface area contributed by atoms with E-state index >= 15 is 0 Å². The lowest BCUT2D eigenvalue weighted by atomic mass is 9.87. The van der Waals surface area contributed by atoms with E-state index in [9.17, 15) is 0 Å². The second-order valence-electron chi connectivity index (χ2n) is 4.86. The van der Waals surface area contributed by atoms with Gasteiger partial charge in [0.25, 0.3) is 0 Å². The Balaban J connectivity index is 2.22. The number of nitrogens with one attached hydrogen (secondary N) is 1. The van der Waals surface area contributed by atoms with Gasteiger partial charge in [-0.15, -0.1) is 0 Å². The van der Waals surface area contributed by atoms with E-state index in [1.54, 1.807) is 5.57 Å². The van der Waals surface area contributed by atoms with Crippen LogP contribution in [0.1, 0.15) is 58.3 Å². The van der Waals surface area contributed by atoms with Crippen molar-refractivity contribution in [1.29, 1.82) is 0 Å². The second-order valence-corrected chi connectivity index (χ2v) is 5.33. The highest BCUT2D eigenvalue weighted by molar-refractivity contribution is 6.21. The maximum absolute atomic E-state index is 6.24. The first kappa shape index (κ1) is 12.0. The first-order valence-electron chi connectivity index (χ1n) is 6.65. The summed E-state index contributed by atoms with van der Waals surface area (Å²) < 4.78 is 0. The number of rotatable bonds is 2. The van der Waals surface area contributed by atoms with Crippen LogP contribution in [0.15, 0.2) is 22.9 Å². The summed E-state index contributed by atoms with van der Waals surface area (Å²) in [6.45, 7) is 2.24. The molecule has 2 heteroatoms. The molecule has 1 nitrogen and oxygen atoms in total. The maximum atomic E-state index is 6.24. The third kappa shape index (κ3) is 2.82. The van der Waals surface area contributed by atoms with E-state index in [4.69, 9.17) is 11.6 Å². The molecule has 1 unspecified atom stereocenters. The summed E-state index contributed by atoms with van der Waals surface area (Å²) in [6.07, 6.45) is 12.5. The van der Waals surface area contributed by atoms with Crippen molar-refractivity contribution < 1.29 is 0 Å². The van der Waals surface area contributed by atoms with Crippen LogP contribution in [0.5, 0.6) is 0 Å². The summed E-state index contributed by atoms with van der Waals surface area (Å²) >= 11 is 6.24. The summed E-state index contributed by atoms with van der Waals surface area (Å²) in [5.74, 6) is 0. The molecule has 0 saturated heterocycles. The summed E-state index contributed by atoms with van der Waals surface area (Å²) in [5, 5.41) is 3.43. The molecule has 1 aliphatic heterocycles. The third-order valence-electron chi connectivity index (χ3n) is 3.53. The Hall–Kier alpha value is -0.430. The molecule has 0 aromatic carbocycles. The molecule has 0 aromatic heterocycles. The van der Waals surface area contributed by atoms with Gasteiger partial charge in [-0.25, -0.2) is 0 Å². The largest absolute Gasteiger partial charge is 0.369 e. The van der Waals surface area contributed by atoms with Gasteiger partial charge in [-0.05, 0) is 49.3 Å². The molecule has 0 radical (unpaired) electrons. The average molecular weight is 240 g/mol. The van der Waals surface area contributed by atoms with Crippen molar-refractivity contribution in [1.82, 2.24) is 5.32 Å². The standard InChI is InChI=1S/C14H22ClN/c1-2-7-13-12-9-6-4-3-5-8-11(12)10-14(15)16-13/h10,14,16H,2-9H2,1H3. The molecule has 0 spiro atoms. The molecular formula is C14H22ClN. The van der Waals surface area contributed by atoms with Gasteiger partial charge in [0.2, 0.25) is 0 Å². The molecule has 0 aromatic rings. The Labute approximate surface area is 104 Å². The molecule has 16 heavy (non-hydrogen) atoms. The van der Waals surface area contributed by atoms with Crippen molar-refractivity contribution in [2.75, 3.05) is 0 Å². The zero-order valence-electron chi connectivity index (χ0n) is 10.2. The fourth-order valence-electron chi connectivity index (χ4n) is 2.76. The lowest BCUT2D eigenvalue weighted by Crippen LogP contribution is -2.27. The van der Waals surface area contributed by atoms with Gasteiger partial charge >= 0.3 is 0 Å². The fourth-order valence-corrected chi connectivity index (χ4v) is 3.04. The number of allylic oxidation sites excluding steroid dienone is 3. The van der Waals surface area contributed by atoms with Crippen LogP contribution in [0.3, 0.4) is 0 Å². The lowest BCUT2D eigenvalue weighted by Gasteiger charge is -2.28. The monoisotopic (exact) mass is 239 g/mol. The van der Waals surface area contributed by atoms with Gasteiger partial charge in [0, 0.05) is 5.70 Å². The highest BCUT2D eigenvalue weighted by Gasteiger charge is 2.20. The number of hydrogen-bond acceptors (Lipinski definition) is 1. The Bertz CT molecular complexity index is 304. The fraction of sp³-hybridized carbons (Fsp3) is 0.714. The Kier molecular flexibility index (Phi) is 4.34. The van der Waals surface area contributed by atoms with Crippen LogP contribution < -0.4 is 5.32 Å². The molecule has 1 saturated carbocycles. The average Bonchev–Trinajstić information content (AvgIpc) is 2.21. The van der Waals surface area contributed by atoms with Crippen LogP contribution in [0.25, 0.3) is 0 Å². The van der Waals surface area contributed by atoms with E-state index in [-0.39, 0.29) is 5.50 Å². The van der Waals surface area contributed by atoms with Crippen molar-refractivity contribution in [2.45, 2.75) is 63.8 Å². The van der Waals surface area contributed by atoms with E-state index in [0.717, 1.165) is 6.42 Å². The lowest BCUT2D eigenvalue weighted by molar-refractivity contribution is 0.591. The van der Waals surface area contributed by atoms with Gasteiger partial charge in [-0.2, -0.15) is 0 Å². The minimum Gasteiger partial charge on any atom is -0.369 e. The summed E-state index contributed by atoms with van der Waals surface area (Å²) in [5.41, 5.74) is 4.54. The predicted octanol–water partition coefficient (Wildman–Crippen LogP) is 4.49. The van der Waals surface area contributed by atoms with E-state index in [0.29, 0.717) is 0 Å². The van der Waals surface area contributed by atoms with E-state index in [1.165, 1.54) is 56.2 Å². The molecule has 1 heterocycles. The van der Waals surface area contributed by atoms with Gasteiger partial charge in [0.1, 0.15) is 5.50 Å². The molecular weight excluding hydrogens is 218 g/mol. The van der Waals surface area contributed by atoms with Crippen molar-refractivity contribution in [3.05, 3.63) is 22.9 Å². The van der Waals surface area contributed by atoms with Crippen LogP contribution in [0.2, 0.25) is 0 Å². The van der Waals surface area contributed by atoms with E-state index < -0.39 is 0 Å². The minimum absolute atomic E-state index is 0.0136. The van der Waals surface area contributed by atoms with Crippen LogP contribution in [-0.4, -0.2) is 5.50 Å². The molecule has 1 N–H and O–H groups in total. The molecule has 90 valence electrons. The van der Waals surface area contributed by atoms with Crippen LogP contribution in [0.4, 0.5) is 0 Å². The molecule has 2 rings (SSSR count). The summed E-state index contributed by atoms with van der Waals surface area (Å²) in [6, 6.07) is 0. The van der Waals surface area contributed by atoms with E-state index in [1.807, 2.05) is 0 Å². The number of alkyl halides is 1. The first-order valence-corrected chi connectivity index (χ1v) is 7.08. The molecule has 0 bridgehead atoms.